The lowest BCUT2D eigenvalue weighted by Crippen LogP contribution is -2.37. The Kier molecular flexibility index (Phi) is 5.26. The van der Waals surface area contributed by atoms with E-state index in [-0.39, 0.29) is 11.8 Å². The molecule has 2 N–H and O–H groups in total. The molecule has 4 heterocycles. The van der Waals surface area contributed by atoms with Crippen LogP contribution in [0.3, 0.4) is 0 Å². The van der Waals surface area contributed by atoms with Crippen LogP contribution in [0.15, 0.2) is 35.7 Å². The van der Waals surface area contributed by atoms with E-state index in [1.807, 2.05) is 6.07 Å². The summed E-state index contributed by atoms with van der Waals surface area (Å²) in [6, 6.07) is 10.4. The highest BCUT2D eigenvalue weighted by atomic mass is 32.1. The minimum Gasteiger partial charge on any atom is -0.378 e. The highest BCUT2D eigenvalue weighted by Crippen LogP contribution is 2.40. The standard InChI is InChI=1S/C22H25N5O2S/c23-18(28)12-15-6-7-27(13-15)22-24-20(26-8-10-29-11-9-26)19-17(14-30-21(19)25-22)16-4-2-1-3-5-16/h1-5,14-15H,6-13H2,(H2,23,28). The fourth-order valence-corrected chi connectivity index (χ4v) is 5.29. The summed E-state index contributed by atoms with van der Waals surface area (Å²) >= 11 is 1.66. The Labute approximate surface area is 179 Å². The normalized spacial score (nSPS) is 19.5. The number of amides is 1. The summed E-state index contributed by atoms with van der Waals surface area (Å²) in [6.45, 7) is 4.67. The third kappa shape index (κ3) is 3.73. The molecule has 1 amide bonds. The Morgan fingerprint density at radius 1 is 1.13 bits per heavy atom. The highest BCUT2D eigenvalue weighted by molar-refractivity contribution is 7.17. The molecule has 0 bridgehead atoms. The quantitative estimate of drug-likeness (QED) is 0.679. The van der Waals surface area contributed by atoms with Gasteiger partial charge in [-0.1, -0.05) is 30.3 Å². The van der Waals surface area contributed by atoms with Gasteiger partial charge in [-0.15, -0.1) is 11.3 Å². The van der Waals surface area contributed by atoms with Crippen molar-refractivity contribution in [3.63, 3.8) is 0 Å². The van der Waals surface area contributed by atoms with Crippen molar-refractivity contribution in [1.82, 2.24) is 9.97 Å². The van der Waals surface area contributed by atoms with Crippen molar-refractivity contribution in [2.45, 2.75) is 12.8 Å². The number of rotatable bonds is 5. The van der Waals surface area contributed by atoms with Crippen molar-refractivity contribution in [3.8, 4) is 11.1 Å². The smallest absolute Gasteiger partial charge is 0.228 e. The second-order valence-electron chi connectivity index (χ2n) is 7.91. The predicted molar refractivity (Wildman–Crippen MR) is 120 cm³/mol. The zero-order valence-electron chi connectivity index (χ0n) is 16.8. The molecule has 1 atom stereocenters. The van der Waals surface area contributed by atoms with Gasteiger partial charge in [-0.25, -0.2) is 4.98 Å². The van der Waals surface area contributed by atoms with Gasteiger partial charge in [0, 0.05) is 43.5 Å². The van der Waals surface area contributed by atoms with Crippen molar-refractivity contribution >= 4 is 39.2 Å². The Morgan fingerprint density at radius 3 is 2.70 bits per heavy atom. The summed E-state index contributed by atoms with van der Waals surface area (Å²) in [4.78, 5) is 26.8. The molecule has 2 aromatic heterocycles. The van der Waals surface area contributed by atoms with Gasteiger partial charge in [0.05, 0.1) is 18.6 Å². The summed E-state index contributed by atoms with van der Waals surface area (Å²) in [5, 5.41) is 3.30. The Bertz CT molecular complexity index is 1050. The lowest BCUT2D eigenvalue weighted by molar-refractivity contribution is -0.118. The SMILES string of the molecule is NC(=O)CC1CCN(c2nc(N3CCOCC3)c3c(-c4ccccc4)csc3n2)C1. The van der Waals surface area contributed by atoms with Gasteiger partial charge in [0.25, 0.3) is 0 Å². The summed E-state index contributed by atoms with van der Waals surface area (Å²) in [7, 11) is 0. The third-order valence-electron chi connectivity index (χ3n) is 5.86. The summed E-state index contributed by atoms with van der Waals surface area (Å²) in [6.07, 6.45) is 1.36. The first kappa shape index (κ1) is 19.3. The number of fused-ring (bicyclic) bond motifs is 1. The first-order valence-corrected chi connectivity index (χ1v) is 11.3. The lowest BCUT2D eigenvalue weighted by atomic mass is 10.1. The van der Waals surface area contributed by atoms with Crippen LogP contribution in [-0.4, -0.2) is 55.3 Å². The largest absolute Gasteiger partial charge is 0.378 e. The van der Waals surface area contributed by atoms with Gasteiger partial charge in [-0.3, -0.25) is 4.79 Å². The molecule has 0 aliphatic carbocycles. The molecule has 8 heteroatoms. The maximum absolute atomic E-state index is 11.3. The molecule has 2 fully saturated rings. The number of carbonyl (C=O) groups excluding carboxylic acids is 1. The second-order valence-corrected chi connectivity index (χ2v) is 8.77. The molecule has 1 unspecified atom stereocenters. The van der Waals surface area contributed by atoms with Crippen LogP contribution >= 0.6 is 11.3 Å². The fourth-order valence-electron chi connectivity index (χ4n) is 4.35. The molecule has 3 aromatic rings. The summed E-state index contributed by atoms with van der Waals surface area (Å²) < 4.78 is 5.57. The number of benzene rings is 1. The van der Waals surface area contributed by atoms with E-state index in [4.69, 9.17) is 20.4 Å². The zero-order chi connectivity index (χ0) is 20.5. The monoisotopic (exact) mass is 423 g/mol. The lowest BCUT2D eigenvalue weighted by Gasteiger charge is -2.29. The van der Waals surface area contributed by atoms with Crippen molar-refractivity contribution < 1.29 is 9.53 Å². The predicted octanol–water partition coefficient (Wildman–Crippen LogP) is 2.90. The van der Waals surface area contributed by atoms with Crippen molar-refractivity contribution in [3.05, 3.63) is 35.7 Å². The molecule has 2 aliphatic rings. The number of nitrogens with two attached hydrogens (primary N) is 1. The van der Waals surface area contributed by atoms with Crippen molar-refractivity contribution in [1.29, 1.82) is 0 Å². The number of thiophene rings is 1. The molecule has 30 heavy (non-hydrogen) atoms. The van der Waals surface area contributed by atoms with Crippen LogP contribution in [0.4, 0.5) is 11.8 Å². The molecule has 5 rings (SSSR count). The number of anilines is 2. The van der Waals surface area contributed by atoms with E-state index >= 15 is 0 Å². The number of carbonyl (C=O) groups is 1. The Balaban J connectivity index is 1.57. The fraction of sp³-hybridized carbons (Fsp3) is 0.409. The number of nitrogens with zero attached hydrogens (tertiary/aromatic N) is 4. The van der Waals surface area contributed by atoms with E-state index < -0.39 is 0 Å². The first-order chi connectivity index (χ1) is 14.7. The van der Waals surface area contributed by atoms with Crippen LogP contribution in [0.5, 0.6) is 0 Å². The van der Waals surface area contributed by atoms with Crippen LogP contribution in [0.25, 0.3) is 21.3 Å². The number of aromatic nitrogens is 2. The molecule has 156 valence electrons. The molecule has 0 saturated carbocycles. The van der Waals surface area contributed by atoms with Gasteiger partial charge in [0.2, 0.25) is 11.9 Å². The van der Waals surface area contributed by atoms with Gasteiger partial charge >= 0.3 is 0 Å². The van der Waals surface area contributed by atoms with Gasteiger partial charge in [-0.2, -0.15) is 4.98 Å². The van der Waals surface area contributed by atoms with E-state index in [0.717, 1.165) is 54.6 Å². The van der Waals surface area contributed by atoms with Crippen molar-refractivity contribution in [2.24, 2.45) is 11.7 Å². The highest BCUT2D eigenvalue weighted by Gasteiger charge is 2.28. The maximum atomic E-state index is 11.3. The van der Waals surface area contributed by atoms with Gasteiger partial charge < -0.3 is 20.3 Å². The van der Waals surface area contributed by atoms with Crippen LogP contribution in [-0.2, 0) is 9.53 Å². The van der Waals surface area contributed by atoms with Crippen LogP contribution in [0.2, 0.25) is 0 Å². The van der Waals surface area contributed by atoms with Crippen LogP contribution < -0.4 is 15.5 Å². The van der Waals surface area contributed by atoms with E-state index in [1.165, 1.54) is 11.1 Å². The average molecular weight is 424 g/mol. The Morgan fingerprint density at radius 2 is 1.93 bits per heavy atom. The minimum absolute atomic E-state index is 0.238. The molecular weight excluding hydrogens is 398 g/mol. The van der Waals surface area contributed by atoms with E-state index in [9.17, 15) is 4.79 Å². The molecular formula is C22H25N5O2S. The molecule has 2 saturated heterocycles. The van der Waals surface area contributed by atoms with Gasteiger partial charge in [-0.05, 0) is 17.9 Å². The van der Waals surface area contributed by atoms with Crippen LogP contribution in [0, 0.1) is 5.92 Å². The number of hydrogen-bond acceptors (Lipinski definition) is 7. The summed E-state index contributed by atoms with van der Waals surface area (Å²) in [5.74, 6) is 1.77. The molecule has 2 aliphatic heterocycles. The van der Waals surface area contributed by atoms with Gasteiger partial charge in [0.15, 0.2) is 0 Å². The topological polar surface area (TPSA) is 84.6 Å². The average Bonchev–Trinajstić information content (AvgIpc) is 3.41. The summed E-state index contributed by atoms with van der Waals surface area (Å²) in [5.41, 5.74) is 7.76. The molecule has 1 aromatic carbocycles. The van der Waals surface area contributed by atoms with Crippen LogP contribution in [0.1, 0.15) is 12.8 Å². The number of ether oxygens (including phenoxy) is 1. The van der Waals surface area contributed by atoms with E-state index in [1.54, 1.807) is 11.3 Å². The number of hydrogen-bond donors (Lipinski definition) is 1. The van der Waals surface area contributed by atoms with Gasteiger partial charge in [0.1, 0.15) is 10.6 Å². The maximum Gasteiger partial charge on any atom is 0.228 e. The number of morpholine rings is 1. The van der Waals surface area contributed by atoms with E-state index in [2.05, 4.69) is 39.4 Å². The Hall–Kier alpha value is -2.71. The first-order valence-electron chi connectivity index (χ1n) is 10.4. The molecule has 0 spiro atoms. The zero-order valence-corrected chi connectivity index (χ0v) is 17.6. The molecule has 0 radical (unpaired) electrons. The van der Waals surface area contributed by atoms with E-state index in [0.29, 0.717) is 19.6 Å². The third-order valence-corrected chi connectivity index (χ3v) is 6.73. The van der Waals surface area contributed by atoms with Crippen molar-refractivity contribution in [2.75, 3.05) is 49.2 Å². The number of primary amides is 1. The molecule has 7 nitrogen and oxygen atoms in total. The minimum atomic E-state index is -0.238. The second kappa shape index (κ2) is 8.20.